The third-order valence-corrected chi connectivity index (χ3v) is 4.12. The minimum atomic E-state index is 0.184. The van der Waals surface area contributed by atoms with E-state index in [4.69, 9.17) is 30.2 Å². The van der Waals surface area contributed by atoms with Gasteiger partial charge in [-0.25, -0.2) is 0 Å². The van der Waals surface area contributed by atoms with Crippen LogP contribution in [0.2, 0.25) is 5.02 Å². The maximum atomic E-state index is 6.20. The van der Waals surface area contributed by atoms with Crippen molar-refractivity contribution in [3.63, 3.8) is 0 Å². The molecule has 2 aromatic rings. The summed E-state index contributed by atoms with van der Waals surface area (Å²) in [6.45, 7) is 1.44. The van der Waals surface area contributed by atoms with E-state index in [2.05, 4.69) is 10.2 Å². The lowest BCUT2D eigenvalue weighted by molar-refractivity contribution is 0.0724. The number of benzene rings is 1. The van der Waals surface area contributed by atoms with E-state index >= 15 is 0 Å². The zero-order valence-corrected chi connectivity index (χ0v) is 14.4. The highest BCUT2D eigenvalue weighted by atomic mass is 35.5. The molecule has 1 atom stereocenters. The third-order valence-electron chi connectivity index (χ3n) is 3.84. The molecule has 0 N–H and O–H groups in total. The molecule has 0 spiro atoms. The molecule has 0 aliphatic carbocycles. The van der Waals surface area contributed by atoms with E-state index in [9.17, 15) is 0 Å². The first-order valence-corrected chi connectivity index (χ1v) is 8.10. The van der Waals surface area contributed by atoms with Gasteiger partial charge in [0, 0.05) is 12.7 Å². The van der Waals surface area contributed by atoms with Crippen molar-refractivity contribution in [1.29, 1.82) is 0 Å². The van der Waals surface area contributed by atoms with Crippen molar-refractivity contribution >= 4 is 23.8 Å². The van der Waals surface area contributed by atoms with Crippen LogP contribution in [0.25, 0.3) is 12.2 Å². The van der Waals surface area contributed by atoms with Crippen molar-refractivity contribution in [2.45, 2.75) is 18.8 Å². The molecule has 2 heterocycles. The monoisotopic (exact) mass is 350 g/mol. The second kappa shape index (κ2) is 7.68. The largest absolute Gasteiger partial charge is 0.493 e. The van der Waals surface area contributed by atoms with Crippen molar-refractivity contribution < 1.29 is 18.6 Å². The molecule has 1 unspecified atom stereocenters. The summed E-state index contributed by atoms with van der Waals surface area (Å²) >= 11 is 6.20. The first-order valence-electron chi connectivity index (χ1n) is 7.72. The topological polar surface area (TPSA) is 66.6 Å². The SMILES string of the molecule is COc1cc(C=Cc2nnc(C3CCCOC3)o2)cc(Cl)c1OC. The number of halogens is 1. The van der Waals surface area contributed by atoms with Gasteiger partial charge >= 0.3 is 0 Å². The Bertz CT molecular complexity index is 723. The van der Waals surface area contributed by atoms with Crippen molar-refractivity contribution in [2.24, 2.45) is 0 Å². The Morgan fingerprint density at radius 3 is 2.79 bits per heavy atom. The molecule has 24 heavy (non-hydrogen) atoms. The van der Waals surface area contributed by atoms with Gasteiger partial charge in [-0.3, -0.25) is 0 Å². The van der Waals surface area contributed by atoms with Crippen LogP contribution in [0.5, 0.6) is 11.5 Å². The molecule has 6 nitrogen and oxygen atoms in total. The Morgan fingerprint density at radius 2 is 2.08 bits per heavy atom. The molecule has 1 aliphatic rings. The van der Waals surface area contributed by atoms with Crippen LogP contribution >= 0.6 is 11.6 Å². The summed E-state index contributed by atoms with van der Waals surface area (Å²) < 4.78 is 21.7. The number of aromatic nitrogens is 2. The van der Waals surface area contributed by atoms with Gasteiger partial charge in [0.2, 0.25) is 11.8 Å². The molecule has 1 aliphatic heterocycles. The number of hydrogen-bond acceptors (Lipinski definition) is 6. The predicted molar refractivity (Wildman–Crippen MR) is 90.6 cm³/mol. The van der Waals surface area contributed by atoms with E-state index in [0.717, 1.165) is 25.0 Å². The zero-order valence-electron chi connectivity index (χ0n) is 13.6. The summed E-state index contributed by atoms with van der Waals surface area (Å²) in [4.78, 5) is 0. The van der Waals surface area contributed by atoms with Crippen molar-refractivity contribution in [2.75, 3.05) is 27.4 Å². The van der Waals surface area contributed by atoms with Gasteiger partial charge in [-0.1, -0.05) is 11.6 Å². The molecule has 0 radical (unpaired) electrons. The quantitative estimate of drug-likeness (QED) is 0.817. The van der Waals surface area contributed by atoms with E-state index in [1.54, 1.807) is 26.4 Å². The molecule has 7 heteroatoms. The Balaban J connectivity index is 1.76. The lowest BCUT2D eigenvalue weighted by Gasteiger charge is -2.18. The van der Waals surface area contributed by atoms with Gasteiger partial charge in [-0.05, 0) is 36.6 Å². The smallest absolute Gasteiger partial charge is 0.240 e. The standard InChI is InChI=1S/C17H19ClN2O4/c1-21-14-9-11(8-13(18)16(14)22-2)5-6-15-19-20-17(24-15)12-4-3-7-23-10-12/h5-6,8-9,12H,3-4,7,10H2,1-2H3. The third kappa shape index (κ3) is 3.71. The van der Waals surface area contributed by atoms with E-state index in [1.807, 2.05) is 12.1 Å². The van der Waals surface area contributed by atoms with Gasteiger partial charge in [0.1, 0.15) is 0 Å². The fourth-order valence-electron chi connectivity index (χ4n) is 2.62. The van der Waals surface area contributed by atoms with E-state index in [0.29, 0.717) is 34.9 Å². The van der Waals surface area contributed by atoms with Crippen molar-refractivity contribution in [1.82, 2.24) is 10.2 Å². The van der Waals surface area contributed by atoms with E-state index in [1.165, 1.54) is 0 Å². The van der Waals surface area contributed by atoms with Gasteiger partial charge in [-0.2, -0.15) is 0 Å². The van der Waals surface area contributed by atoms with Crippen molar-refractivity contribution in [3.8, 4) is 11.5 Å². The minimum Gasteiger partial charge on any atom is -0.493 e. The van der Waals surface area contributed by atoms with Crippen LogP contribution < -0.4 is 9.47 Å². The highest BCUT2D eigenvalue weighted by molar-refractivity contribution is 6.32. The molecule has 3 rings (SSSR count). The summed E-state index contributed by atoms with van der Waals surface area (Å²) in [6.07, 6.45) is 5.61. The average Bonchev–Trinajstić information content (AvgIpc) is 3.09. The van der Waals surface area contributed by atoms with Gasteiger partial charge in [0.15, 0.2) is 11.5 Å². The van der Waals surface area contributed by atoms with Crippen LogP contribution in [0.1, 0.15) is 36.1 Å². The van der Waals surface area contributed by atoms with E-state index in [-0.39, 0.29) is 5.92 Å². The van der Waals surface area contributed by atoms with Gasteiger partial charge in [0.25, 0.3) is 0 Å². The maximum absolute atomic E-state index is 6.20. The summed E-state index contributed by atoms with van der Waals surface area (Å²) in [5, 5.41) is 8.64. The first kappa shape index (κ1) is 16.8. The van der Waals surface area contributed by atoms with Gasteiger partial charge in [0.05, 0.1) is 31.8 Å². The number of nitrogens with zero attached hydrogens (tertiary/aromatic N) is 2. The molecule has 0 saturated carbocycles. The maximum Gasteiger partial charge on any atom is 0.240 e. The molecule has 128 valence electrons. The lowest BCUT2D eigenvalue weighted by atomic mass is 10.0. The van der Waals surface area contributed by atoms with Crippen LogP contribution in [0.4, 0.5) is 0 Å². The highest BCUT2D eigenvalue weighted by Gasteiger charge is 2.21. The first-order chi connectivity index (χ1) is 11.7. The predicted octanol–water partition coefficient (Wildman–Crippen LogP) is 3.80. The van der Waals surface area contributed by atoms with Crippen molar-refractivity contribution in [3.05, 3.63) is 34.5 Å². The van der Waals surface area contributed by atoms with Gasteiger partial charge < -0.3 is 18.6 Å². The van der Waals surface area contributed by atoms with Crippen LogP contribution in [0.15, 0.2) is 16.5 Å². The van der Waals surface area contributed by atoms with Gasteiger partial charge in [-0.15, -0.1) is 10.2 Å². The Labute approximate surface area is 145 Å². The summed E-state index contributed by atoms with van der Waals surface area (Å²) in [6, 6.07) is 3.61. The molecular weight excluding hydrogens is 332 g/mol. The molecular formula is C17H19ClN2O4. The average molecular weight is 351 g/mol. The number of hydrogen-bond donors (Lipinski definition) is 0. The number of rotatable bonds is 5. The summed E-state index contributed by atoms with van der Waals surface area (Å²) in [5.41, 5.74) is 0.846. The summed E-state index contributed by atoms with van der Waals surface area (Å²) in [5.74, 6) is 2.33. The molecule has 0 bridgehead atoms. The minimum absolute atomic E-state index is 0.184. The second-order valence-electron chi connectivity index (χ2n) is 5.46. The highest BCUT2D eigenvalue weighted by Crippen LogP contribution is 2.36. The second-order valence-corrected chi connectivity index (χ2v) is 5.87. The Kier molecular flexibility index (Phi) is 5.37. The van der Waals surface area contributed by atoms with Crippen LogP contribution in [0.3, 0.4) is 0 Å². The molecule has 1 aromatic carbocycles. The molecule has 1 fully saturated rings. The Morgan fingerprint density at radius 1 is 1.21 bits per heavy atom. The fraction of sp³-hybridized carbons (Fsp3) is 0.412. The molecule has 1 saturated heterocycles. The normalized spacial score (nSPS) is 18.0. The fourth-order valence-corrected chi connectivity index (χ4v) is 2.91. The number of methoxy groups -OCH3 is 2. The molecule has 0 amide bonds. The lowest BCUT2D eigenvalue weighted by Crippen LogP contribution is -2.15. The van der Waals surface area contributed by atoms with E-state index < -0.39 is 0 Å². The summed E-state index contributed by atoms with van der Waals surface area (Å²) in [7, 11) is 3.12. The Hall–Kier alpha value is -2.05. The zero-order chi connectivity index (χ0) is 16.9. The van der Waals surface area contributed by atoms with Crippen LogP contribution in [-0.4, -0.2) is 37.6 Å². The molecule has 1 aromatic heterocycles. The van der Waals surface area contributed by atoms with Crippen LogP contribution in [-0.2, 0) is 4.74 Å². The number of ether oxygens (including phenoxy) is 3. The van der Waals surface area contributed by atoms with Crippen LogP contribution in [0, 0.1) is 0 Å².